The van der Waals surface area contributed by atoms with Crippen molar-refractivity contribution in [2.45, 2.75) is 25.6 Å². The smallest absolute Gasteiger partial charge is 0.171 e. The van der Waals surface area contributed by atoms with E-state index in [1.165, 1.54) is 0 Å². The third-order valence-corrected chi connectivity index (χ3v) is 4.75. The highest BCUT2D eigenvalue weighted by atomic mass is 16.7. The lowest BCUT2D eigenvalue weighted by Crippen LogP contribution is -2.45. The first kappa shape index (κ1) is 16.8. The van der Waals surface area contributed by atoms with Crippen molar-refractivity contribution in [1.29, 1.82) is 5.26 Å². The largest absolute Gasteiger partial charge is 0.356 e. The summed E-state index contributed by atoms with van der Waals surface area (Å²) >= 11 is 0. The van der Waals surface area contributed by atoms with Gasteiger partial charge in [-0.3, -0.25) is 0 Å². The SMILES string of the molecule is Cc1nc(Nc2cccc(C#N)c2)cc(N2CCC3(CC2)OCCO3)n1. The maximum Gasteiger partial charge on any atom is 0.171 e. The van der Waals surface area contributed by atoms with E-state index in [4.69, 9.17) is 14.7 Å². The molecule has 0 unspecified atom stereocenters. The minimum Gasteiger partial charge on any atom is -0.356 e. The zero-order chi connectivity index (χ0) is 18.0. The lowest BCUT2D eigenvalue weighted by atomic mass is 10.0. The van der Waals surface area contributed by atoms with Crippen LogP contribution in [0.15, 0.2) is 30.3 Å². The Bertz CT molecular complexity index is 832. The molecule has 0 aliphatic carbocycles. The molecule has 134 valence electrons. The van der Waals surface area contributed by atoms with Gasteiger partial charge in [0.2, 0.25) is 0 Å². The van der Waals surface area contributed by atoms with Gasteiger partial charge < -0.3 is 19.7 Å². The van der Waals surface area contributed by atoms with E-state index in [2.05, 4.69) is 26.3 Å². The molecule has 2 fully saturated rings. The molecular formula is C19H21N5O2. The van der Waals surface area contributed by atoms with Crippen LogP contribution in [0.2, 0.25) is 0 Å². The predicted molar refractivity (Wildman–Crippen MR) is 97.3 cm³/mol. The third-order valence-electron chi connectivity index (χ3n) is 4.75. The Morgan fingerprint density at radius 3 is 2.65 bits per heavy atom. The molecule has 7 heteroatoms. The van der Waals surface area contributed by atoms with E-state index < -0.39 is 5.79 Å². The quantitative estimate of drug-likeness (QED) is 0.910. The van der Waals surface area contributed by atoms with Crippen LogP contribution >= 0.6 is 0 Å². The summed E-state index contributed by atoms with van der Waals surface area (Å²) in [6.07, 6.45) is 1.67. The molecule has 2 aliphatic heterocycles. The van der Waals surface area contributed by atoms with Gasteiger partial charge in [-0.05, 0) is 25.1 Å². The van der Waals surface area contributed by atoms with Crippen molar-refractivity contribution >= 4 is 17.3 Å². The minimum atomic E-state index is -0.391. The molecule has 3 heterocycles. The van der Waals surface area contributed by atoms with Gasteiger partial charge in [-0.1, -0.05) is 6.07 Å². The van der Waals surface area contributed by atoms with Crippen molar-refractivity contribution in [3.05, 3.63) is 41.7 Å². The maximum absolute atomic E-state index is 9.04. The van der Waals surface area contributed by atoms with Crippen molar-refractivity contribution in [2.24, 2.45) is 0 Å². The first-order chi connectivity index (χ1) is 12.7. The molecule has 2 aromatic rings. The summed E-state index contributed by atoms with van der Waals surface area (Å²) in [5.74, 6) is 1.92. The topological polar surface area (TPSA) is 83.3 Å². The van der Waals surface area contributed by atoms with Gasteiger partial charge in [0.1, 0.15) is 17.5 Å². The number of aromatic nitrogens is 2. The summed E-state index contributed by atoms with van der Waals surface area (Å²) in [5.41, 5.74) is 1.44. The second-order valence-corrected chi connectivity index (χ2v) is 6.57. The second-order valence-electron chi connectivity index (χ2n) is 6.57. The summed E-state index contributed by atoms with van der Waals surface area (Å²) in [5, 5.41) is 12.3. The van der Waals surface area contributed by atoms with Crippen molar-refractivity contribution in [1.82, 2.24) is 9.97 Å². The molecule has 4 rings (SSSR count). The Balaban J connectivity index is 1.50. The van der Waals surface area contributed by atoms with Gasteiger partial charge in [-0.25, -0.2) is 9.97 Å². The molecule has 2 aliphatic rings. The lowest BCUT2D eigenvalue weighted by Gasteiger charge is -2.38. The van der Waals surface area contributed by atoms with Gasteiger partial charge >= 0.3 is 0 Å². The summed E-state index contributed by atoms with van der Waals surface area (Å²) in [4.78, 5) is 11.3. The summed E-state index contributed by atoms with van der Waals surface area (Å²) < 4.78 is 11.6. The van der Waals surface area contributed by atoms with Crippen molar-refractivity contribution in [3.8, 4) is 6.07 Å². The molecule has 0 radical (unpaired) electrons. The molecule has 0 saturated carbocycles. The molecule has 0 amide bonds. The van der Waals surface area contributed by atoms with E-state index in [0.29, 0.717) is 24.6 Å². The molecule has 26 heavy (non-hydrogen) atoms. The average molecular weight is 351 g/mol. The van der Waals surface area contributed by atoms with E-state index in [-0.39, 0.29) is 0 Å². The number of nitrogens with one attached hydrogen (secondary N) is 1. The summed E-state index contributed by atoms with van der Waals surface area (Å²) in [6.45, 7) is 4.92. The zero-order valence-electron chi connectivity index (χ0n) is 14.7. The van der Waals surface area contributed by atoms with Gasteiger partial charge in [-0.2, -0.15) is 5.26 Å². The van der Waals surface area contributed by atoms with Gasteiger partial charge in [0.25, 0.3) is 0 Å². The Morgan fingerprint density at radius 1 is 1.15 bits per heavy atom. The van der Waals surface area contributed by atoms with Crippen LogP contribution in [-0.2, 0) is 9.47 Å². The number of hydrogen-bond donors (Lipinski definition) is 1. The minimum absolute atomic E-state index is 0.391. The number of piperidine rings is 1. The van der Waals surface area contributed by atoms with E-state index in [9.17, 15) is 0 Å². The van der Waals surface area contributed by atoms with E-state index >= 15 is 0 Å². The fourth-order valence-corrected chi connectivity index (χ4v) is 3.45. The van der Waals surface area contributed by atoms with E-state index in [1.807, 2.05) is 25.1 Å². The van der Waals surface area contributed by atoms with Gasteiger partial charge in [0.15, 0.2) is 5.79 Å². The van der Waals surface area contributed by atoms with Crippen molar-refractivity contribution in [2.75, 3.05) is 36.5 Å². The highest BCUT2D eigenvalue weighted by Crippen LogP contribution is 2.33. The van der Waals surface area contributed by atoms with E-state index in [0.717, 1.165) is 43.3 Å². The van der Waals surface area contributed by atoms with Crippen LogP contribution < -0.4 is 10.2 Å². The highest BCUT2D eigenvalue weighted by Gasteiger charge is 2.40. The molecule has 2 saturated heterocycles. The van der Waals surface area contributed by atoms with Crippen molar-refractivity contribution in [3.63, 3.8) is 0 Å². The Hall–Kier alpha value is -2.69. The van der Waals surface area contributed by atoms with E-state index in [1.54, 1.807) is 12.1 Å². The van der Waals surface area contributed by atoms with Gasteiger partial charge in [0.05, 0.1) is 24.8 Å². The molecular weight excluding hydrogens is 330 g/mol. The summed E-state index contributed by atoms with van der Waals surface area (Å²) in [7, 11) is 0. The van der Waals surface area contributed by atoms with Crippen LogP contribution in [0.5, 0.6) is 0 Å². The number of aryl methyl sites for hydroxylation is 1. The van der Waals surface area contributed by atoms with Crippen LogP contribution in [0.25, 0.3) is 0 Å². The average Bonchev–Trinajstić information content (AvgIpc) is 3.10. The number of rotatable bonds is 3. The van der Waals surface area contributed by atoms with Crippen LogP contribution in [0.1, 0.15) is 24.2 Å². The zero-order valence-corrected chi connectivity index (χ0v) is 14.7. The Labute approximate surface area is 152 Å². The molecule has 1 N–H and O–H groups in total. The lowest BCUT2D eigenvalue weighted by molar-refractivity contribution is -0.169. The first-order valence-electron chi connectivity index (χ1n) is 8.82. The molecule has 1 spiro atoms. The number of nitriles is 1. The Morgan fingerprint density at radius 2 is 1.92 bits per heavy atom. The van der Waals surface area contributed by atoms with Gasteiger partial charge in [0, 0.05) is 37.7 Å². The standard InChI is InChI=1S/C19H21N5O2/c1-14-21-17(23-16-4-2-3-15(11-16)13-20)12-18(22-14)24-7-5-19(6-8-24)25-9-10-26-19/h2-4,11-12H,5-10H2,1H3,(H,21,22,23). The molecule has 1 aromatic heterocycles. The first-order valence-corrected chi connectivity index (χ1v) is 8.82. The number of ether oxygens (including phenoxy) is 2. The number of hydrogen-bond acceptors (Lipinski definition) is 7. The van der Waals surface area contributed by atoms with Crippen LogP contribution in [0, 0.1) is 18.3 Å². The number of benzene rings is 1. The number of anilines is 3. The van der Waals surface area contributed by atoms with Gasteiger partial charge in [-0.15, -0.1) is 0 Å². The highest BCUT2D eigenvalue weighted by molar-refractivity contribution is 5.61. The molecule has 0 atom stereocenters. The second kappa shape index (κ2) is 6.90. The normalized spacial score (nSPS) is 18.7. The van der Waals surface area contributed by atoms with Crippen LogP contribution in [0.3, 0.4) is 0 Å². The predicted octanol–water partition coefficient (Wildman–Crippen LogP) is 2.74. The Kier molecular flexibility index (Phi) is 4.45. The van der Waals surface area contributed by atoms with Crippen LogP contribution in [-0.4, -0.2) is 42.1 Å². The summed E-state index contributed by atoms with van der Waals surface area (Å²) in [6, 6.07) is 11.4. The van der Waals surface area contributed by atoms with Crippen LogP contribution in [0.4, 0.5) is 17.3 Å². The molecule has 7 nitrogen and oxygen atoms in total. The monoisotopic (exact) mass is 351 g/mol. The number of nitrogens with zero attached hydrogens (tertiary/aromatic N) is 4. The fraction of sp³-hybridized carbons (Fsp3) is 0.421. The molecule has 1 aromatic carbocycles. The van der Waals surface area contributed by atoms with Crippen molar-refractivity contribution < 1.29 is 9.47 Å². The molecule has 0 bridgehead atoms. The fourth-order valence-electron chi connectivity index (χ4n) is 3.45. The third kappa shape index (κ3) is 3.47. The maximum atomic E-state index is 9.04.